The molecule has 0 spiro atoms. The van der Waals surface area contributed by atoms with Crippen molar-refractivity contribution < 1.29 is 14.5 Å². The van der Waals surface area contributed by atoms with E-state index in [1.54, 1.807) is 49.2 Å². The fourth-order valence-corrected chi connectivity index (χ4v) is 7.28. The van der Waals surface area contributed by atoms with E-state index in [1.165, 1.54) is 23.5 Å². The number of nitro groups is 1. The summed E-state index contributed by atoms with van der Waals surface area (Å²) in [5, 5.41) is 12.1. The van der Waals surface area contributed by atoms with E-state index in [0.29, 0.717) is 27.1 Å². The molecule has 0 unspecified atom stereocenters. The van der Waals surface area contributed by atoms with E-state index in [4.69, 9.17) is 9.73 Å². The van der Waals surface area contributed by atoms with Crippen molar-refractivity contribution in [3.63, 3.8) is 0 Å². The lowest BCUT2D eigenvalue weighted by molar-refractivity contribution is -0.384. The Kier molecular flexibility index (Phi) is 8.54. The van der Waals surface area contributed by atoms with E-state index in [1.807, 2.05) is 67.8 Å². The van der Waals surface area contributed by atoms with Crippen LogP contribution in [0, 0.1) is 17.0 Å². The van der Waals surface area contributed by atoms with Crippen LogP contribution in [0.25, 0.3) is 17.0 Å². The molecule has 6 rings (SSSR count). The Balaban J connectivity index is 1.50. The summed E-state index contributed by atoms with van der Waals surface area (Å²) < 4.78 is 9.89. The number of ether oxygens (including phenoxy) is 1. The van der Waals surface area contributed by atoms with Crippen LogP contribution >= 0.6 is 23.1 Å². The van der Waals surface area contributed by atoms with Gasteiger partial charge >= 0.3 is 5.97 Å². The van der Waals surface area contributed by atoms with Crippen LogP contribution in [0.2, 0.25) is 0 Å². The Morgan fingerprint density at radius 3 is 2.43 bits per heavy atom. The van der Waals surface area contributed by atoms with Crippen LogP contribution in [0.5, 0.6) is 0 Å². The van der Waals surface area contributed by atoms with Gasteiger partial charge in [-0.25, -0.2) is 9.79 Å². The van der Waals surface area contributed by atoms with Gasteiger partial charge in [-0.15, -0.1) is 11.8 Å². The topological polar surface area (TPSA) is 109 Å². The molecule has 0 saturated carbocycles. The summed E-state index contributed by atoms with van der Waals surface area (Å²) in [5.41, 5.74) is 5.23. The van der Waals surface area contributed by atoms with E-state index in [0.717, 1.165) is 38.2 Å². The number of carbonyl (C=O) groups is 1. The van der Waals surface area contributed by atoms with Crippen molar-refractivity contribution in [2.75, 3.05) is 6.26 Å². The first-order valence-corrected chi connectivity index (χ1v) is 16.8. The zero-order valence-electron chi connectivity index (χ0n) is 26.0. The summed E-state index contributed by atoms with van der Waals surface area (Å²) in [5.74, 6) is -0.491. The number of nitro benzene ring substituents is 1. The zero-order chi connectivity index (χ0) is 32.7. The maximum atomic E-state index is 14.3. The summed E-state index contributed by atoms with van der Waals surface area (Å²) in [6, 6.07) is 21.7. The molecule has 0 bridgehead atoms. The normalized spacial score (nSPS) is 14.9. The predicted octanol–water partition coefficient (Wildman–Crippen LogP) is 6.13. The molecule has 0 aliphatic carbocycles. The average Bonchev–Trinajstić information content (AvgIpc) is 3.48. The van der Waals surface area contributed by atoms with Crippen molar-refractivity contribution in [3.8, 4) is 0 Å². The lowest BCUT2D eigenvalue weighted by Crippen LogP contribution is -2.40. The highest BCUT2D eigenvalue weighted by atomic mass is 32.2. The van der Waals surface area contributed by atoms with E-state index >= 15 is 0 Å². The molecule has 1 atom stereocenters. The highest BCUT2D eigenvalue weighted by Gasteiger charge is 2.34. The van der Waals surface area contributed by atoms with Crippen molar-refractivity contribution >= 4 is 51.7 Å². The average molecular weight is 653 g/mol. The number of esters is 1. The molecule has 0 fully saturated rings. The van der Waals surface area contributed by atoms with Crippen LogP contribution in [-0.4, -0.2) is 32.4 Å². The molecule has 2 aromatic heterocycles. The van der Waals surface area contributed by atoms with E-state index in [-0.39, 0.29) is 17.4 Å². The third-order valence-electron chi connectivity index (χ3n) is 8.06. The molecule has 46 heavy (non-hydrogen) atoms. The number of rotatable bonds is 8. The van der Waals surface area contributed by atoms with Crippen molar-refractivity contribution in [3.05, 3.63) is 136 Å². The molecule has 9 nitrogen and oxygen atoms in total. The van der Waals surface area contributed by atoms with E-state index < -0.39 is 16.9 Å². The molecule has 5 aromatic rings. The highest BCUT2D eigenvalue weighted by Crippen LogP contribution is 2.32. The van der Waals surface area contributed by atoms with Crippen LogP contribution in [0.1, 0.15) is 49.2 Å². The maximum Gasteiger partial charge on any atom is 0.338 e. The predicted molar refractivity (Wildman–Crippen MR) is 182 cm³/mol. The first kappa shape index (κ1) is 31.3. The number of thioether (sulfide) groups is 1. The Labute approximate surface area is 273 Å². The van der Waals surface area contributed by atoms with Crippen LogP contribution in [0.3, 0.4) is 0 Å². The molecule has 0 N–H and O–H groups in total. The fraction of sp³-hybridized carbons (Fsp3) is 0.229. The van der Waals surface area contributed by atoms with Gasteiger partial charge < -0.3 is 9.30 Å². The number of hydrogen-bond acceptors (Lipinski definition) is 8. The largest absolute Gasteiger partial charge is 0.459 e. The standard InChI is InChI=1S/C35H32N4O5S2/c1-20(2)44-34(41)31-21(3)36-35-38(32(31)24-12-16-26(45-5)17-13-24)33(40)30(46-35)18-28-22(4)37(29-9-7-6-8-27(28)29)19-23-10-14-25(15-11-23)39(42)43/h6-18,20,32H,19H2,1-5H3/b30-18-/t32-/m0/s1. The minimum atomic E-state index is -0.690. The fourth-order valence-electron chi connectivity index (χ4n) is 5.84. The number of non-ortho nitro benzene ring substituents is 1. The minimum absolute atomic E-state index is 0.0447. The molecule has 0 saturated heterocycles. The lowest BCUT2D eigenvalue weighted by Gasteiger charge is -2.25. The third-order valence-corrected chi connectivity index (χ3v) is 9.79. The smallest absolute Gasteiger partial charge is 0.338 e. The van der Waals surface area contributed by atoms with Gasteiger partial charge in [0.2, 0.25) is 0 Å². The van der Waals surface area contributed by atoms with Crippen LogP contribution in [-0.2, 0) is 16.1 Å². The summed E-state index contributed by atoms with van der Waals surface area (Å²) in [4.78, 5) is 44.8. The number of para-hydroxylation sites is 1. The van der Waals surface area contributed by atoms with Crippen LogP contribution in [0.4, 0.5) is 5.69 Å². The molecule has 3 heterocycles. The van der Waals surface area contributed by atoms with Gasteiger partial charge in [-0.3, -0.25) is 19.5 Å². The van der Waals surface area contributed by atoms with Crippen molar-refractivity contribution in [2.45, 2.75) is 51.3 Å². The Morgan fingerprint density at radius 1 is 1.09 bits per heavy atom. The number of hydrogen-bond donors (Lipinski definition) is 0. The van der Waals surface area contributed by atoms with E-state index in [2.05, 4.69) is 4.57 Å². The Hall–Kier alpha value is -4.74. The van der Waals surface area contributed by atoms with Crippen molar-refractivity contribution in [1.82, 2.24) is 9.13 Å². The Bertz CT molecular complexity index is 2210. The van der Waals surface area contributed by atoms with Gasteiger partial charge in [-0.1, -0.05) is 53.8 Å². The van der Waals surface area contributed by atoms with Crippen molar-refractivity contribution in [2.24, 2.45) is 4.99 Å². The first-order chi connectivity index (χ1) is 22.1. The first-order valence-electron chi connectivity index (χ1n) is 14.8. The maximum absolute atomic E-state index is 14.3. The molecular weight excluding hydrogens is 621 g/mol. The minimum Gasteiger partial charge on any atom is -0.459 e. The molecule has 1 aliphatic heterocycles. The second kappa shape index (κ2) is 12.6. The van der Waals surface area contributed by atoms with Gasteiger partial charge in [0, 0.05) is 45.7 Å². The highest BCUT2D eigenvalue weighted by molar-refractivity contribution is 7.98. The molecule has 0 amide bonds. The van der Waals surface area contributed by atoms with Gasteiger partial charge in [0.05, 0.1) is 32.9 Å². The summed E-state index contributed by atoms with van der Waals surface area (Å²) >= 11 is 2.91. The third kappa shape index (κ3) is 5.72. The molecule has 234 valence electrons. The van der Waals surface area contributed by atoms with Gasteiger partial charge in [0.15, 0.2) is 4.80 Å². The van der Waals surface area contributed by atoms with Crippen LogP contribution < -0.4 is 14.9 Å². The van der Waals surface area contributed by atoms with E-state index in [9.17, 15) is 19.7 Å². The second-order valence-corrected chi connectivity index (χ2v) is 13.2. The zero-order valence-corrected chi connectivity index (χ0v) is 27.6. The number of aromatic nitrogens is 2. The van der Waals surface area contributed by atoms with Gasteiger partial charge in [0.1, 0.15) is 0 Å². The number of thiazole rings is 1. The lowest BCUT2D eigenvalue weighted by atomic mass is 9.96. The molecule has 1 aliphatic rings. The molecule has 0 radical (unpaired) electrons. The van der Waals surface area contributed by atoms with Gasteiger partial charge in [-0.05, 0) is 69.4 Å². The number of nitrogens with zero attached hydrogens (tertiary/aromatic N) is 4. The summed E-state index contributed by atoms with van der Waals surface area (Å²) in [6.45, 7) is 7.89. The number of benzene rings is 3. The molecule has 11 heteroatoms. The quantitative estimate of drug-likeness (QED) is 0.0864. The number of allylic oxidation sites excluding steroid dienone is 1. The van der Waals surface area contributed by atoms with Gasteiger partial charge in [-0.2, -0.15) is 0 Å². The van der Waals surface area contributed by atoms with Crippen LogP contribution in [0.15, 0.2) is 98.7 Å². The number of carbonyl (C=O) groups excluding carboxylic acids is 1. The van der Waals surface area contributed by atoms with Crippen molar-refractivity contribution in [1.29, 1.82) is 0 Å². The van der Waals surface area contributed by atoms with Gasteiger partial charge in [0.25, 0.3) is 11.2 Å². The summed E-state index contributed by atoms with van der Waals surface area (Å²) in [7, 11) is 0. The number of fused-ring (bicyclic) bond motifs is 2. The Morgan fingerprint density at radius 2 is 1.78 bits per heavy atom. The monoisotopic (exact) mass is 652 g/mol. The molecule has 3 aromatic carbocycles. The SMILES string of the molecule is CSc1ccc([C@H]2C(C(=O)OC(C)C)=C(C)N=c3s/c(=C\c4c(C)n(Cc5ccc([N+](=O)[O-])cc5)c5ccccc45)c(=O)n32)cc1. The second-order valence-electron chi connectivity index (χ2n) is 11.3. The summed E-state index contributed by atoms with van der Waals surface area (Å²) in [6.07, 6.45) is 3.58. The molecular formula is C35H32N4O5S2.